The molecule has 2 heterocycles. The number of ether oxygens (including phenoxy) is 3. The lowest BCUT2D eigenvalue weighted by atomic mass is 9.44. The second kappa shape index (κ2) is 7.12. The van der Waals surface area contributed by atoms with E-state index in [1.54, 1.807) is 0 Å². The van der Waals surface area contributed by atoms with Gasteiger partial charge in [-0.15, -0.1) is 0 Å². The molecule has 0 aromatic rings. The molecule has 0 aromatic heterocycles. The van der Waals surface area contributed by atoms with Crippen molar-refractivity contribution in [3.05, 3.63) is 24.0 Å². The summed E-state index contributed by atoms with van der Waals surface area (Å²) in [6.07, 6.45) is 6.66. The van der Waals surface area contributed by atoms with E-state index in [-0.39, 0.29) is 23.1 Å². The molecule has 0 spiro atoms. The predicted octanol–water partition coefficient (Wildman–Crippen LogP) is 4.15. The summed E-state index contributed by atoms with van der Waals surface area (Å²) in [5.74, 6) is 1.24. The first-order valence-corrected chi connectivity index (χ1v) is 11.2. The second-order valence-corrected chi connectivity index (χ2v) is 10.3. The minimum atomic E-state index is -0.446. The zero-order valence-corrected chi connectivity index (χ0v) is 18.3. The average molecular weight is 405 g/mol. The summed E-state index contributed by atoms with van der Waals surface area (Å²) in [5.41, 5.74) is 0.547. The zero-order chi connectivity index (χ0) is 21.0. The van der Waals surface area contributed by atoms with Crippen LogP contribution in [0.4, 0.5) is 0 Å². The molecular formula is C24H36O5. The van der Waals surface area contributed by atoms with Crippen LogP contribution in [0.5, 0.6) is 0 Å². The molecule has 162 valence electrons. The smallest absolute Gasteiger partial charge is 0.305 e. The average Bonchev–Trinajstić information content (AvgIpc) is 3.26. The summed E-state index contributed by atoms with van der Waals surface area (Å²) in [6, 6.07) is 0. The third-order valence-corrected chi connectivity index (χ3v) is 8.70. The molecular weight excluding hydrogens is 368 g/mol. The van der Waals surface area contributed by atoms with E-state index < -0.39 is 11.5 Å². The molecule has 2 aliphatic carbocycles. The Bertz CT molecular complexity index is 729. The van der Waals surface area contributed by atoms with Crippen molar-refractivity contribution in [2.75, 3.05) is 13.2 Å². The molecule has 1 N–H and O–H groups in total. The summed E-state index contributed by atoms with van der Waals surface area (Å²) >= 11 is 0. The highest BCUT2D eigenvalue weighted by Crippen LogP contribution is 2.66. The van der Waals surface area contributed by atoms with Gasteiger partial charge in [0.2, 0.25) is 0 Å². The van der Waals surface area contributed by atoms with Gasteiger partial charge in [0.1, 0.15) is 12.4 Å². The Balaban J connectivity index is 1.61. The minimum Gasteiger partial charge on any atom is -0.490 e. The number of hydrogen-bond donors (Lipinski definition) is 1. The molecule has 7 atom stereocenters. The Labute approximate surface area is 174 Å². The van der Waals surface area contributed by atoms with E-state index >= 15 is 0 Å². The van der Waals surface area contributed by atoms with Gasteiger partial charge >= 0.3 is 5.97 Å². The van der Waals surface area contributed by atoms with Crippen LogP contribution < -0.4 is 0 Å². The van der Waals surface area contributed by atoms with Crippen LogP contribution in [0, 0.1) is 22.7 Å². The van der Waals surface area contributed by atoms with Crippen LogP contribution >= 0.6 is 0 Å². The van der Waals surface area contributed by atoms with Gasteiger partial charge < -0.3 is 19.3 Å². The quantitative estimate of drug-likeness (QED) is 0.713. The van der Waals surface area contributed by atoms with Gasteiger partial charge in [0.25, 0.3) is 0 Å². The lowest BCUT2D eigenvalue weighted by Crippen LogP contribution is -2.61. The first-order valence-electron chi connectivity index (χ1n) is 11.2. The molecule has 0 bridgehead atoms. The molecule has 29 heavy (non-hydrogen) atoms. The highest BCUT2D eigenvalue weighted by molar-refractivity contribution is 5.68. The molecule has 0 radical (unpaired) electrons. The first kappa shape index (κ1) is 20.9. The first-order chi connectivity index (χ1) is 13.6. The summed E-state index contributed by atoms with van der Waals surface area (Å²) in [7, 11) is 0. The van der Waals surface area contributed by atoms with Gasteiger partial charge in [-0.25, -0.2) is 0 Å². The number of rotatable bonds is 4. The normalized spacial score (nSPS) is 46.5. The molecule has 3 fully saturated rings. The molecule has 4 aliphatic rings. The summed E-state index contributed by atoms with van der Waals surface area (Å²) in [5, 5.41) is 11.0. The third kappa shape index (κ3) is 3.16. The van der Waals surface area contributed by atoms with Crippen molar-refractivity contribution in [2.24, 2.45) is 22.7 Å². The van der Waals surface area contributed by atoms with Crippen molar-refractivity contribution in [1.29, 1.82) is 0 Å². The molecule has 0 amide bonds. The van der Waals surface area contributed by atoms with E-state index in [2.05, 4.69) is 33.4 Å². The Morgan fingerprint density at radius 3 is 2.69 bits per heavy atom. The van der Waals surface area contributed by atoms with Crippen LogP contribution in [0.2, 0.25) is 0 Å². The molecule has 5 nitrogen and oxygen atoms in total. The van der Waals surface area contributed by atoms with Crippen LogP contribution in [-0.4, -0.2) is 42.1 Å². The fraction of sp³-hybridized carbons (Fsp3) is 0.792. The van der Waals surface area contributed by atoms with E-state index in [1.165, 1.54) is 0 Å². The van der Waals surface area contributed by atoms with Crippen molar-refractivity contribution < 1.29 is 24.1 Å². The van der Waals surface area contributed by atoms with Crippen molar-refractivity contribution in [3.8, 4) is 0 Å². The van der Waals surface area contributed by atoms with Crippen LogP contribution in [-0.2, 0) is 19.0 Å². The van der Waals surface area contributed by atoms with E-state index in [0.29, 0.717) is 31.5 Å². The van der Waals surface area contributed by atoms with Crippen LogP contribution in [0.15, 0.2) is 24.0 Å². The van der Waals surface area contributed by atoms with Gasteiger partial charge in [-0.2, -0.15) is 0 Å². The van der Waals surface area contributed by atoms with E-state index in [1.807, 2.05) is 6.92 Å². The zero-order valence-electron chi connectivity index (χ0n) is 18.3. The number of esters is 1. The Morgan fingerprint density at radius 2 is 2.03 bits per heavy atom. The lowest BCUT2D eigenvalue weighted by Gasteiger charge is -2.61. The van der Waals surface area contributed by atoms with Gasteiger partial charge in [-0.05, 0) is 62.4 Å². The van der Waals surface area contributed by atoms with Gasteiger partial charge in [0.15, 0.2) is 0 Å². The number of aliphatic hydroxyl groups is 1. The van der Waals surface area contributed by atoms with Crippen LogP contribution in [0.1, 0.15) is 66.2 Å². The van der Waals surface area contributed by atoms with Gasteiger partial charge in [0.05, 0.1) is 24.4 Å². The maximum absolute atomic E-state index is 11.8. The maximum atomic E-state index is 11.8. The number of aliphatic hydroxyl groups excluding tert-OH is 1. The molecule has 0 aromatic carbocycles. The van der Waals surface area contributed by atoms with Crippen molar-refractivity contribution in [2.45, 2.75) is 84.0 Å². The van der Waals surface area contributed by atoms with Crippen molar-refractivity contribution >= 4 is 5.97 Å². The summed E-state index contributed by atoms with van der Waals surface area (Å²) in [4.78, 5) is 11.8. The van der Waals surface area contributed by atoms with Gasteiger partial charge in [-0.1, -0.05) is 27.4 Å². The van der Waals surface area contributed by atoms with Crippen molar-refractivity contribution in [3.63, 3.8) is 0 Å². The predicted molar refractivity (Wildman–Crippen MR) is 110 cm³/mol. The SMILES string of the molecule is C=C1OCC=C1[C@@H]1CC2[C@@](C)(CC[C@@H]3[C@](C)(COC(=O)CC)[C@H](O)CC[C@@]23C)O1. The molecule has 1 saturated heterocycles. The molecule has 1 unspecified atom stereocenters. The second-order valence-electron chi connectivity index (χ2n) is 10.3. The van der Waals surface area contributed by atoms with E-state index in [4.69, 9.17) is 14.2 Å². The van der Waals surface area contributed by atoms with Gasteiger partial charge in [-0.3, -0.25) is 4.79 Å². The fourth-order valence-electron chi connectivity index (χ4n) is 7.03. The highest BCUT2D eigenvalue weighted by Gasteiger charge is 2.65. The van der Waals surface area contributed by atoms with Gasteiger partial charge in [0, 0.05) is 17.4 Å². The summed E-state index contributed by atoms with van der Waals surface area (Å²) < 4.78 is 17.8. The number of hydrogen-bond acceptors (Lipinski definition) is 5. The molecule has 2 aliphatic heterocycles. The summed E-state index contributed by atoms with van der Waals surface area (Å²) in [6.45, 7) is 13.5. The fourth-order valence-corrected chi connectivity index (χ4v) is 7.03. The topological polar surface area (TPSA) is 65.0 Å². The molecule has 2 saturated carbocycles. The van der Waals surface area contributed by atoms with E-state index in [9.17, 15) is 9.90 Å². The van der Waals surface area contributed by atoms with Crippen molar-refractivity contribution in [1.82, 2.24) is 0 Å². The minimum absolute atomic E-state index is 0.0339. The Hall–Kier alpha value is -1.33. The highest BCUT2D eigenvalue weighted by atomic mass is 16.5. The monoisotopic (exact) mass is 404 g/mol. The number of fused-ring (bicyclic) bond motifs is 3. The standard InChI is InChI=1S/C24H36O5/c1-6-21(26)28-14-23(4)18-7-11-24(5)19(22(18,3)10-8-20(23)25)13-17(29-24)16-9-12-27-15(16)2/h9,17-20,25H,2,6-8,10-14H2,1,3-5H3/t17-,18-,19?,20+,22+,23-,24+/m0/s1. The lowest BCUT2D eigenvalue weighted by molar-refractivity contribution is -0.203. The Morgan fingerprint density at radius 1 is 1.28 bits per heavy atom. The Kier molecular flexibility index (Phi) is 5.14. The maximum Gasteiger partial charge on any atom is 0.305 e. The largest absolute Gasteiger partial charge is 0.490 e. The van der Waals surface area contributed by atoms with Crippen LogP contribution in [0.25, 0.3) is 0 Å². The third-order valence-electron chi connectivity index (χ3n) is 8.70. The molecule has 4 rings (SSSR count). The van der Waals surface area contributed by atoms with Crippen LogP contribution in [0.3, 0.4) is 0 Å². The molecule has 5 heteroatoms. The number of carbonyl (C=O) groups excluding carboxylic acids is 1. The number of carbonyl (C=O) groups is 1. The van der Waals surface area contributed by atoms with E-state index in [0.717, 1.165) is 43.4 Å².